The van der Waals surface area contributed by atoms with Crippen molar-refractivity contribution in [2.75, 3.05) is 0 Å². The molecular weight excluding hydrogens is 580 g/mol. The fourth-order valence-corrected chi connectivity index (χ4v) is 6.22. The van der Waals surface area contributed by atoms with E-state index < -0.39 is 0 Å². The second kappa shape index (κ2) is 13.0. The summed E-state index contributed by atoms with van der Waals surface area (Å²) in [6.45, 7) is 10.9. The molecule has 0 saturated heterocycles. The van der Waals surface area contributed by atoms with Crippen molar-refractivity contribution in [2.45, 2.75) is 71.3 Å². The van der Waals surface area contributed by atoms with Crippen LogP contribution < -0.4 is 9.47 Å². The van der Waals surface area contributed by atoms with Crippen LogP contribution in [0.5, 0.6) is 17.2 Å². The summed E-state index contributed by atoms with van der Waals surface area (Å²) in [6.07, 6.45) is 4.02. The lowest BCUT2D eigenvalue weighted by Gasteiger charge is -2.41. The zero-order chi connectivity index (χ0) is 33.2. The van der Waals surface area contributed by atoms with E-state index in [1.165, 1.54) is 11.1 Å². The average Bonchev–Trinajstić information content (AvgIpc) is 3.11. The van der Waals surface area contributed by atoms with Gasteiger partial charge in [-0.2, -0.15) is 0 Å². The minimum absolute atomic E-state index is 0.0269. The van der Waals surface area contributed by atoms with E-state index in [0.29, 0.717) is 33.8 Å². The molecule has 5 aromatic carbocycles. The van der Waals surface area contributed by atoms with Gasteiger partial charge in [-0.3, -0.25) is 9.59 Å². The van der Waals surface area contributed by atoms with Crippen molar-refractivity contribution < 1.29 is 19.1 Å². The number of fused-ring (bicyclic) bond motifs is 1. The van der Waals surface area contributed by atoms with Crippen LogP contribution in [0.4, 0.5) is 0 Å². The Hall–Kier alpha value is -4.96. The Bertz CT molecular complexity index is 1880. The number of carbonyl (C=O) groups is 2. The van der Waals surface area contributed by atoms with Crippen molar-refractivity contribution >= 4 is 11.6 Å². The zero-order valence-corrected chi connectivity index (χ0v) is 27.9. The average molecular weight is 623 g/mol. The molecule has 0 amide bonds. The quantitative estimate of drug-likeness (QED) is 0.130. The topological polar surface area (TPSA) is 52.6 Å². The van der Waals surface area contributed by atoms with Gasteiger partial charge in [0.15, 0.2) is 11.6 Å². The molecule has 4 heteroatoms. The van der Waals surface area contributed by atoms with E-state index in [1.807, 2.05) is 48.5 Å². The summed E-state index contributed by atoms with van der Waals surface area (Å²) >= 11 is 0. The van der Waals surface area contributed by atoms with Gasteiger partial charge in [-0.1, -0.05) is 88.4 Å². The van der Waals surface area contributed by atoms with E-state index in [1.54, 1.807) is 48.5 Å². The monoisotopic (exact) mass is 622 g/mol. The summed E-state index contributed by atoms with van der Waals surface area (Å²) in [6, 6.07) is 36.3. The highest BCUT2D eigenvalue weighted by Crippen LogP contribution is 2.43. The van der Waals surface area contributed by atoms with Crippen LogP contribution in [0, 0.1) is 0 Å². The summed E-state index contributed by atoms with van der Waals surface area (Å²) in [5.41, 5.74) is 7.23. The first-order chi connectivity index (χ1) is 22.6. The van der Waals surface area contributed by atoms with Crippen molar-refractivity contribution in [1.82, 2.24) is 0 Å². The minimum atomic E-state index is -0.153. The summed E-state index contributed by atoms with van der Waals surface area (Å²) in [4.78, 5) is 26.4. The van der Waals surface area contributed by atoms with Crippen LogP contribution in [0.3, 0.4) is 0 Å². The Kier molecular flexibility index (Phi) is 8.88. The van der Waals surface area contributed by atoms with Gasteiger partial charge in [0.05, 0.1) is 0 Å². The molecule has 1 aliphatic rings. The third kappa shape index (κ3) is 6.64. The van der Waals surface area contributed by atoms with Crippen LogP contribution >= 0.6 is 0 Å². The van der Waals surface area contributed by atoms with Crippen molar-refractivity contribution in [3.63, 3.8) is 0 Å². The van der Waals surface area contributed by atoms with Crippen LogP contribution in [0.25, 0.3) is 11.1 Å². The van der Waals surface area contributed by atoms with E-state index in [2.05, 4.69) is 52.8 Å². The molecule has 1 aliphatic carbocycles. The van der Waals surface area contributed by atoms with Gasteiger partial charge in [0.2, 0.25) is 0 Å². The molecule has 1 unspecified atom stereocenters. The number of rotatable bonds is 12. The van der Waals surface area contributed by atoms with Crippen molar-refractivity contribution in [3.05, 3.63) is 149 Å². The van der Waals surface area contributed by atoms with Crippen molar-refractivity contribution in [3.8, 4) is 28.4 Å². The number of hydrogen-bond acceptors (Lipinski definition) is 4. The van der Waals surface area contributed by atoms with Gasteiger partial charge < -0.3 is 9.47 Å². The molecule has 0 saturated carbocycles. The fourth-order valence-electron chi connectivity index (χ4n) is 6.22. The standard InChI is InChI=1S/C43H42O4/c1-6-42(4)28-35-27-34(19-26-39(35)42)41(45)32-11-9-31(10-12-32)40(44)33-17-22-37(23-18-33)46-36-20-13-29(14-21-36)30-15-24-38(25-16-30)47-43(5,7-2)8-3/h9-27H,6-8,28H2,1-5H3. The molecule has 238 valence electrons. The SMILES string of the molecule is CCC(C)(CC)Oc1ccc(-c2ccc(Oc3ccc(C(=O)c4ccc(C(=O)c5ccc6c(c5)CC6(C)CC)cc4)cc3)cc2)cc1. The minimum Gasteiger partial charge on any atom is -0.488 e. The third-order valence-corrected chi connectivity index (χ3v) is 10.0. The predicted molar refractivity (Wildman–Crippen MR) is 189 cm³/mol. The Morgan fingerprint density at radius 3 is 1.51 bits per heavy atom. The van der Waals surface area contributed by atoms with Crippen LogP contribution in [-0.2, 0) is 11.8 Å². The third-order valence-electron chi connectivity index (χ3n) is 10.0. The first kappa shape index (κ1) is 32.0. The molecular formula is C43H42O4. The first-order valence-electron chi connectivity index (χ1n) is 16.6. The smallest absolute Gasteiger partial charge is 0.193 e. The summed E-state index contributed by atoms with van der Waals surface area (Å²) in [7, 11) is 0. The molecule has 0 radical (unpaired) electrons. The van der Waals surface area contributed by atoms with Crippen molar-refractivity contribution in [2.24, 2.45) is 0 Å². The highest BCUT2D eigenvalue weighted by Gasteiger charge is 2.36. The Balaban J connectivity index is 1.06. The molecule has 47 heavy (non-hydrogen) atoms. The zero-order valence-electron chi connectivity index (χ0n) is 27.9. The fraction of sp³-hybridized carbons (Fsp3) is 0.256. The Labute approximate surface area is 278 Å². The lowest BCUT2D eigenvalue weighted by molar-refractivity contribution is 0.0803. The molecule has 0 fully saturated rings. The van der Waals surface area contributed by atoms with Gasteiger partial charge in [0.25, 0.3) is 0 Å². The highest BCUT2D eigenvalue weighted by atomic mass is 16.5. The summed E-state index contributed by atoms with van der Waals surface area (Å²) < 4.78 is 12.3. The molecule has 0 spiro atoms. The Morgan fingerprint density at radius 2 is 1.04 bits per heavy atom. The molecule has 0 bridgehead atoms. The number of benzene rings is 5. The van der Waals surface area contributed by atoms with Crippen LogP contribution in [-0.4, -0.2) is 17.2 Å². The van der Waals surface area contributed by atoms with Crippen LogP contribution in [0.1, 0.15) is 96.9 Å². The molecule has 0 heterocycles. The van der Waals surface area contributed by atoms with E-state index in [9.17, 15) is 9.59 Å². The molecule has 4 nitrogen and oxygen atoms in total. The molecule has 1 atom stereocenters. The largest absolute Gasteiger partial charge is 0.488 e. The maximum absolute atomic E-state index is 13.2. The van der Waals surface area contributed by atoms with Gasteiger partial charge in [0.1, 0.15) is 22.8 Å². The maximum Gasteiger partial charge on any atom is 0.193 e. The molecule has 5 aromatic rings. The number of carbonyl (C=O) groups excluding carboxylic acids is 2. The van der Waals surface area contributed by atoms with Crippen LogP contribution in [0.2, 0.25) is 0 Å². The van der Waals surface area contributed by atoms with E-state index in [4.69, 9.17) is 9.47 Å². The molecule has 0 N–H and O–H groups in total. The summed E-state index contributed by atoms with van der Waals surface area (Å²) in [5, 5.41) is 0. The molecule has 0 aromatic heterocycles. The molecule has 6 rings (SSSR count). The van der Waals surface area contributed by atoms with E-state index in [-0.39, 0.29) is 22.6 Å². The van der Waals surface area contributed by atoms with Gasteiger partial charge in [-0.25, -0.2) is 0 Å². The number of ketones is 2. The van der Waals surface area contributed by atoms with Gasteiger partial charge in [-0.15, -0.1) is 0 Å². The van der Waals surface area contributed by atoms with Gasteiger partial charge in [0, 0.05) is 22.3 Å². The Morgan fingerprint density at radius 1 is 0.617 bits per heavy atom. The maximum atomic E-state index is 13.2. The lowest BCUT2D eigenvalue weighted by atomic mass is 9.63. The van der Waals surface area contributed by atoms with Crippen LogP contribution in [0.15, 0.2) is 115 Å². The second-order valence-electron chi connectivity index (χ2n) is 13.1. The molecule has 0 aliphatic heterocycles. The highest BCUT2D eigenvalue weighted by molar-refractivity contribution is 6.11. The normalized spacial score (nSPS) is 15.3. The van der Waals surface area contributed by atoms with E-state index in [0.717, 1.165) is 42.6 Å². The van der Waals surface area contributed by atoms with Gasteiger partial charge in [-0.05, 0) is 115 Å². The summed E-state index contributed by atoms with van der Waals surface area (Å²) in [5.74, 6) is 2.10. The number of hydrogen-bond donors (Lipinski definition) is 0. The number of ether oxygens (including phenoxy) is 2. The first-order valence-corrected chi connectivity index (χ1v) is 16.6. The predicted octanol–water partition coefficient (Wildman–Crippen LogP) is 10.8. The van der Waals surface area contributed by atoms with Gasteiger partial charge >= 0.3 is 0 Å². The van der Waals surface area contributed by atoms with E-state index >= 15 is 0 Å². The lowest BCUT2D eigenvalue weighted by Crippen LogP contribution is -2.35. The van der Waals surface area contributed by atoms with Crippen molar-refractivity contribution in [1.29, 1.82) is 0 Å². The second-order valence-corrected chi connectivity index (χ2v) is 13.1.